The van der Waals surface area contributed by atoms with Gasteiger partial charge in [0.1, 0.15) is 10.6 Å². The standard InChI is InChI=1S/C20H15F3N4OS/c1-12-18(29-11-25-12)19(28)26-15-10-27(16-5-3-2-4-14(15)16)9-13-6-7-17(24-8-13)20(21,22)23/h2-8,10-11H,9H2,1H3,(H,26,28). The minimum absolute atomic E-state index is 0.246. The molecule has 3 aromatic heterocycles. The molecular formula is C20H15F3N4OS. The Kier molecular flexibility index (Phi) is 4.83. The van der Waals surface area contributed by atoms with E-state index in [-0.39, 0.29) is 5.91 Å². The molecule has 0 unspecified atom stereocenters. The first kappa shape index (κ1) is 19.1. The molecule has 0 spiro atoms. The minimum Gasteiger partial charge on any atom is -0.341 e. The second-order valence-corrected chi connectivity index (χ2v) is 7.31. The molecule has 9 heteroatoms. The van der Waals surface area contributed by atoms with Gasteiger partial charge in [0.05, 0.1) is 22.4 Å². The summed E-state index contributed by atoms with van der Waals surface area (Å²) < 4.78 is 40.0. The third kappa shape index (κ3) is 3.86. The molecular weight excluding hydrogens is 401 g/mol. The van der Waals surface area contributed by atoms with E-state index in [1.54, 1.807) is 18.6 Å². The number of amides is 1. The summed E-state index contributed by atoms with van der Waals surface area (Å²) in [7, 11) is 0. The lowest BCUT2D eigenvalue weighted by Gasteiger charge is -2.08. The Morgan fingerprint density at radius 1 is 1.17 bits per heavy atom. The van der Waals surface area contributed by atoms with Gasteiger partial charge >= 0.3 is 6.18 Å². The van der Waals surface area contributed by atoms with Crippen molar-refractivity contribution in [3.63, 3.8) is 0 Å². The number of fused-ring (bicyclic) bond motifs is 1. The summed E-state index contributed by atoms with van der Waals surface area (Å²) in [5.41, 5.74) is 3.45. The van der Waals surface area contributed by atoms with Crippen molar-refractivity contribution in [2.24, 2.45) is 0 Å². The monoisotopic (exact) mass is 416 g/mol. The average molecular weight is 416 g/mol. The number of thiazole rings is 1. The number of carbonyl (C=O) groups excluding carboxylic acids is 1. The van der Waals surface area contributed by atoms with E-state index in [0.717, 1.165) is 17.0 Å². The zero-order chi connectivity index (χ0) is 20.6. The molecule has 0 aliphatic carbocycles. The van der Waals surface area contributed by atoms with Crippen molar-refractivity contribution in [2.45, 2.75) is 19.6 Å². The Balaban J connectivity index is 1.64. The molecule has 1 amide bonds. The van der Waals surface area contributed by atoms with Crippen LogP contribution in [-0.4, -0.2) is 20.4 Å². The van der Waals surface area contributed by atoms with Crippen LogP contribution in [-0.2, 0) is 12.7 Å². The third-order valence-corrected chi connectivity index (χ3v) is 5.38. The minimum atomic E-state index is -4.47. The predicted octanol–water partition coefficient (Wildman–Crippen LogP) is 5.12. The molecule has 0 radical (unpaired) electrons. The van der Waals surface area contributed by atoms with Crippen LogP contribution < -0.4 is 5.32 Å². The van der Waals surface area contributed by atoms with E-state index in [1.807, 2.05) is 28.8 Å². The van der Waals surface area contributed by atoms with Crippen molar-refractivity contribution >= 4 is 33.8 Å². The van der Waals surface area contributed by atoms with Crippen LogP contribution >= 0.6 is 11.3 Å². The van der Waals surface area contributed by atoms with Gasteiger partial charge in [-0.15, -0.1) is 11.3 Å². The number of para-hydroxylation sites is 1. The second kappa shape index (κ2) is 7.32. The van der Waals surface area contributed by atoms with Gasteiger partial charge in [0, 0.05) is 24.3 Å². The van der Waals surface area contributed by atoms with Crippen LogP contribution in [0.3, 0.4) is 0 Å². The van der Waals surface area contributed by atoms with Crippen molar-refractivity contribution in [1.82, 2.24) is 14.5 Å². The number of pyridine rings is 1. The second-order valence-electron chi connectivity index (χ2n) is 6.46. The maximum atomic E-state index is 12.7. The summed E-state index contributed by atoms with van der Waals surface area (Å²) in [5, 5.41) is 3.75. The maximum Gasteiger partial charge on any atom is 0.433 e. The number of aromatic nitrogens is 3. The zero-order valence-electron chi connectivity index (χ0n) is 15.2. The molecule has 0 bridgehead atoms. The molecule has 1 N–H and O–H groups in total. The van der Waals surface area contributed by atoms with Crippen LogP contribution in [0.25, 0.3) is 10.9 Å². The van der Waals surface area contributed by atoms with E-state index in [1.165, 1.54) is 23.6 Å². The van der Waals surface area contributed by atoms with Gasteiger partial charge < -0.3 is 9.88 Å². The fourth-order valence-corrected chi connectivity index (χ4v) is 3.76. The largest absolute Gasteiger partial charge is 0.433 e. The van der Waals surface area contributed by atoms with Gasteiger partial charge in [-0.25, -0.2) is 4.98 Å². The molecule has 0 atom stereocenters. The van der Waals surface area contributed by atoms with E-state index < -0.39 is 11.9 Å². The highest BCUT2D eigenvalue weighted by Crippen LogP contribution is 2.29. The molecule has 4 rings (SSSR count). The van der Waals surface area contributed by atoms with E-state index in [0.29, 0.717) is 28.4 Å². The summed E-state index contributed by atoms with van der Waals surface area (Å²) in [6, 6.07) is 9.87. The molecule has 0 saturated heterocycles. The Labute approximate surface area is 167 Å². The van der Waals surface area contributed by atoms with Crippen LogP contribution in [0.5, 0.6) is 0 Å². The SMILES string of the molecule is Cc1ncsc1C(=O)Nc1cn(Cc2ccc(C(F)(F)F)nc2)c2ccccc12. The Hall–Kier alpha value is -3.20. The molecule has 1 aromatic carbocycles. The number of nitrogens with one attached hydrogen (secondary N) is 1. The average Bonchev–Trinajstić information content (AvgIpc) is 3.26. The number of halogens is 3. The van der Waals surface area contributed by atoms with Gasteiger partial charge in [0.25, 0.3) is 5.91 Å². The third-order valence-electron chi connectivity index (χ3n) is 4.46. The van der Waals surface area contributed by atoms with Crippen molar-refractivity contribution in [3.8, 4) is 0 Å². The van der Waals surface area contributed by atoms with E-state index >= 15 is 0 Å². The Morgan fingerprint density at radius 2 is 1.97 bits per heavy atom. The van der Waals surface area contributed by atoms with Crippen molar-refractivity contribution in [3.05, 3.63) is 76.1 Å². The lowest BCUT2D eigenvalue weighted by atomic mass is 10.2. The van der Waals surface area contributed by atoms with Gasteiger partial charge in [-0.1, -0.05) is 24.3 Å². The molecule has 5 nitrogen and oxygen atoms in total. The van der Waals surface area contributed by atoms with Crippen molar-refractivity contribution < 1.29 is 18.0 Å². The number of aryl methyl sites for hydroxylation is 1. The number of alkyl halides is 3. The first-order chi connectivity index (χ1) is 13.8. The lowest BCUT2D eigenvalue weighted by molar-refractivity contribution is -0.141. The van der Waals surface area contributed by atoms with Crippen LogP contribution in [0.4, 0.5) is 18.9 Å². The first-order valence-corrected chi connectivity index (χ1v) is 9.52. The number of benzene rings is 1. The van der Waals surface area contributed by atoms with Gasteiger partial charge in [-0.3, -0.25) is 9.78 Å². The fraction of sp³-hybridized carbons (Fsp3) is 0.150. The number of rotatable bonds is 4. The number of hydrogen-bond donors (Lipinski definition) is 1. The summed E-state index contributed by atoms with van der Waals surface area (Å²) in [4.78, 5) is 20.7. The van der Waals surface area contributed by atoms with Gasteiger partial charge in [-0.05, 0) is 24.6 Å². The highest BCUT2D eigenvalue weighted by atomic mass is 32.1. The Bertz CT molecular complexity index is 1180. The van der Waals surface area contributed by atoms with Crippen molar-refractivity contribution in [1.29, 1.82) is 0 Å². The van der Waals surface area contributed by atoms with E-state index in [2.05, 4.69) is 15.3 Å². The van der Waals surface area contributed by atoms with Crippen LogP contribution in [0.2, 0.25) is 0 Å². The number of nitrogens with zero attached hydrogens (tertiary/aromatic N) is 3. The maximum absolute atomic E-state index is 12.7. The molecule has 0 saturated carbocycles. The summed E-state index contributed by atoms with van der Waals surface area (Å²) in [6.45, 7) is 2.09. The molecule has 0 aliphatic rings. The molecule has 0 aliphatic heterocycles. The van der Waals surface area contributed by atoms with E-state index in [4.69, 9.17) is 0 Å². The molecule has 29 heavy (non-hydrogen) atoms. The summed E-state index contributed by atoms with van der Waals surface area (Å²) in [6.07, 6.45) is -1.47. The van der Waals surface area contributed by atoms with E-state index in [9.17, 15) is 18.0 Å². The van der Waals surface area contributed by atoms with Crippen LogP contribution in [0.15, 0.2) is 54.3 Å². The van der Waals surface area contributed by atoms with Gasteiger partial charge in [0.2, 0.25) is 0 Å². The highest BCUT2D eigenvalue weighted by Gasteiger charge is 2.32. The normalized spacial score (nSPS) is 11.7. The quantitative estimate of drug-likeness (QED) is 0.502. The summed E-state index contributed by atoms with van der Waals surface area (Å²) >= 11 is 1.26. The highest BCUT2D eigenvalue weighted by molar-refractivity contribution is 7.12. The molecule has 148 valence electrons. The zero-order valence-corrected chi connectivity index (χ0v) is 16.0. The topological polar surface area (TPSA) is 59.8 Å². The molecule has 3 heterocycles. The lowest BCUT2D eigenvalue weighted by Crippen LogP contribution is -2.11. The fourth-order valence-electron chi connectivity index (χ4n) is 3.06. The number of anilines is 1. The first-order valence-electron chi connectivity index (χ1n) is 8.64. The number of hydrogen-bond acceptors (Lipinski definition) is 4. The molecule has 0 fully saturated rings. The predicted molar refractivity (Wildman–Crippen MR) is 105 cm³/mol. The van der Waals surface area contributed by atoms with Crippen molar-refractivity contribution in [2.75, 3.05) is 5.32 Å². The van der Waals surface area contributed by atoms with Crippen LogP contribution in [0.1, 0.15) is 26.6 Å². The van der Waals surface area contributed by atoms with Crippen LogP contribution in [0, 0.1) is 6.92 Å². The number of carbonyl (C=O) groups is 1. The Morgan fingerprint density at radius 3 is 2.62 bits per heavy atom. The van der Waals surface area contributed by atoms with Gasteiger partial charge in [0.15, 0.2) is 0 Å². The van der Waals surface area contributed by atoms with Gasteiger partial charge in [-0.2, -0.15) is 13.2 Å². The summed E-state index contributed by atoms with van der Waals surface area (Å²) in [5.74, 6) is -0.246. The molecule has 4 aromatic rings. The smallest absolute Gasteiger partial charge is 0.341 e.